The van der Waals surface area contributed by atoms with Gasteiger partial charge in [0.25, 0.3) is 0 Å². The Hall–Kier alpha value is -1.26. The van der Waals surface area contributed by atoms with Gasteiger partial charge in [0.1, 0.15) is 6.54 Å². The molecule has 1 N–H and O–H groups in total. The van der Waals surface area contributed by atoms with Crippen LogP contribution < -0.4 is 0 Å². The highest BCUT2D eigenvalue weighted by Crippen LogP contribution is 2.34. The van der Waals surface area contributed by atoms with Crippen LogP contribution in [0, 0.1) is 11.3 Å². The maximum Gasteiger partial charge on any atom is 0.228 e. The maximum atomic E-state index is 11.5. The van der Waals surface area contributed by atoms with Gasteiger partial charge in [0.15, 0.2) is 0 Å². The molecule has 1 heterocycles. The summed E-state index contributed by atoms with van der Waals surface area (Å²) in [7, 11) is 0. The monoisotopic (exact) mass is 212 g/mol. The highest BCUT2D eigenvalue weighted by molar-refractivity contribution is 5.78. The fourth-order valence-corrected chi connectivity index (χ4v) is 1.89. The predicted molar refractivity (Wildman–Crippen MR) is 54.9 cm³/mol. The van der Waals surface area contributed by atoms with E-state index in [-0.39, 0.29) is 30.4 Å². The molecular formula is C9H16N4O2. The molecule has 1 atom stereocenters. The number of hydrogen-bond donors (Lipinski definition) is 1. The molecule has 1 rings (SSSR count). The minimum atomic E-state index is -0.170. The van der Waals surface area contributed by atoms with Crippen molar-refractivity contribution in [2.75, 3.05) is 26.2 Å². The molecule has 0 saturated carbocycles. The Kier molecular flexibility index (Phi) is 3.55. The van der Waals surface area contributed by atoms with Crippen LogP contribution in [-0.4, -0.2) is 42.2 Å². The van der Waals surface area contributed by atoms with E-state index in [0.717, 1.165) is 0 Å². The average Bonchev–Trinajstić information content (AvgIpc) is 2.50. The number of amides is 1. The summed E-state index contributed by atoms with van der Waals surface area (Å²) in [4.78, 5) is 15.7. The van der Waals surface area contributed by atoms with Gasteiger partial charge in [-0.25, -0.2) is 0 Å². The SMILES string of the molecule is CC1(C)CN(C(=O)CN=[N+]=[N-])CC1CO. The highest BCUT2D eigenvalue weighted by atomic mass is 16.3. The van der Waals surface area contributed by atoms with Crippen molar-refractivity contribution in [3.63, 3.8) is 0 Å². The van der Waals surface area contributed by atoms with Gasteiger partial charge < -0.3 is 10.0 Å². The molecule has 1 saturated heterocycles. The first-order valence-electron chi connectivity index (χ1n) is 4.90. The summed E-state index contributed by atoms with van der Waals surface area (Å²) in [5.74, 6) is -0.0654. The van der Waals surface area contributed by atoms with E-state index in [1.54, 1.807) is 4.90 Å². The van der Waals surface area contributed by atoms with Gasteiger partial charge in [0.2, 0.25) is 5.91 Å². The summed E-state index contributed by atoms with van der Waals surface area (Å²) in [5, 5.41) is 12.4. The number of rotatable bonds is 3. The minimum Gasteiger partial charge on any atom is -0.396 e. The Bertz CT molecular complexity index is 296. The summed E-state index contributed by atoms with van der Waals surface area (Å²) < 4.78 is 0. The first-order valence-corrected chi connectivity index (χ1v) is 4.90. The molecule has 0 aromatic heterocycles. The molecular weight excluding hydrogens is 196 g/mol. The third kappa shape index (κ3) is 2.61. The Labute approximate surface area is 88.5 Å². The van der Waals surface area contributed by atoms with Crippen LogP contribution in [0.5, 0.6) is 0 Å². The standard InChI is InChI=1S/C9H16N4O2/c1-9(2)6-13(4-7(9)5-14)8(15)3-11-12-10/h7,14H,3-6H2,1-2H3. The summed E-state index contributed by atoms with van der Waals surface area (Å²) in [6.45, 7) is 5.15. The van der Waals surface area contributed by atoms with Gasteiger partial charge in [0.05, 0.1) is 0 Å². The molecule has 0 aromatic rings. The number of aliphatic hydroxyl groups is 1. The van der Waals surface area contributed by atoms with Crippen LogP contribution in [0.1, 0.15) is 13.8 Å². The van der Waals surface area contributed by atoms with E-state index in [1.165, 1.54) is 0 Å². The molecule has 1 amide bonds. The van der Waals surface area contributed by atoms with Gasteiger partial charge in [-0.15, -0.1) is 0 Å². The van der Waals surface area contributed by atoms with Gasteiger partial charge in [-0.05, 0) is 10.9 Å². The van der Waals surface area contributed by atoms with Crippen molar-refractivity contribution in [3.05, 3.63) is 10.4 Å². The molecule has 1 aliphatic rings. The first-order chi connectivity index (χ1) is 7.01. The lowest BCUT2D eigenvalue weighted by atomic mass is 9.83. The fraction of sp³-hybridized carbons (Fsp3) is 0.889. The van der Waals surface area contributed by atoms with E-state index < -0.39 is 0 Å². The van der Waals surface area contributed by atoms with Gasteiger partial charge in [-0.3, -0.25) is 4.79 Å². The third-order valence-electron chi connectivity index (χ3n) is 2.99. The van der Waals surface area contributed by atoms with Crippen molar-refractivity contribution in [2.24, 2.45) is 16.4 Å². The number of carbonyl (C=O) groups is 1. The van der Waals surface area contributed by atoms with Crippen LogP contribution >= 0.6 is 0 Å². The highest BCUT2D eigenvalue weighted by Gasteiger charge is 2.40. The number of hydrogen-bond acceptors (Lipinski definition) is 3. The Morgan fingerprint density at radius 3 is 2.87 bits per heavy atom. The molecule has 6 heteroatoms. The second-order valence-electron chi connectivity index (χ2n) is 4.53. The molecule has 84 valence electrons. The molecule has 0 bridgehead atoms. The lowest BCUT2D eigenvalue weighted by molar-refractivity contribution is -0.129. The summed E-state index contributed by atoms with van der Waals surface area (Å²) in [6.07, 6.45) is 0. The topological polar surface area (TPSA) is 89.3 Å². The molecule has 15 heavy (non-hydrogen) atoms. The lowest BCUT2D eigenvalue weighted by Crippen LogP contribution is -2.31. The Morgan fingerprint density at radius 1 is 1.73 bits per heavy atom. The zero-order chi connectivity index (χ0) is 11.5. The molecule has 0 radical (unpaired) electrons. The third-order valence-corrected chi connectivity index (χ3v) is 2.99. The van der Waals surface area contributed by atoms with Crippen molar-refractivity contribution in [1.82, 2.24) is 4.90 Å². The zero-order valence-electron chi connectivity index (χ0n) is 9.05. The fourth-order valence-electron chi connectivity index (χ4n) is 1.89. The molecule has 1 unspecified atom stereocenters. The van der Waals surface area contributed by atoms with Crippen LogP contribution in [-0.2, 0) is 4.79 Å². The summed E-state index contributed by atoms with van der Waals surface area (Å²) in [6, 6.07) is 0. The second kappa shape index (κ2) is 4.51. The number of aliphatic hydroxyl groups excluding tert-OH is 1. The normalized spacial score (nSPS) is 23.7. The van der Waals surface area contributed by atoms with Crippen LogP contribution in [0.25, 0.3) is 10.4 Å². The van der Waals surface area contributed by atoms with E-state index in [1.807, 2.05) is 13.8 Å². The van der Waals surface area contributed by atoms with E-state index in [9.17, 15) is 4.79 Å². The summed E-state index contributed by atoms with van der Waals surface area (Å²) in [5.41, 5.74) is 8.04. The second-order valence-corrected chi connectivity index (χ2v) is 4.53. The number of carbonyl (C=O) groups excluding carboxylic acids is 1. The molecule has 6 nitrogen and oxygen atoms in total. The van der Waals surface area contributed by atoms with Gasteiger partial charge in [0, 0.05) is 30.5 Å². The van der Waals surface area contributed by atoms with Crippen molar-refractivity contribution >= 4 is 5.91 Å². The zero-order valence-corrected chi connectivity index (χ0v) is 9.05. The molecule has 1 aliphatic heterocycles. The van der Waals surface area contributed by atoms with Gasteiger partial charge in [-0.2, -0.15) is 0 Å². The van der Waals surface area contributed by atoms with Gasteiger partial charge in [-0.1, -0.05) is 19.0 Å². The van der Waals surface area contributed by atoms with E-state index in [4.69, 9.17) is 10.6 Å². The number of likely N-dealkylation sites (tertiary alicyclic amines) is 1. The number of azide groups is 1. The van der Waals surface area contributed by atoms with Crippen LogP contribution in [0.3, 0.4) is 0 Å². The Balaban J connectivity index is 2.61. The maximum absolute atomic E-state index is 11.5. The smallest absolute Gasteiger partial charge is 0.228 e. The minimum absolute atomic E-state index is 0.0687. The largest absolute Gasteiger partial charge is 0.396 e. The molecule has 0 aliphatic carbocycles. The van der Waals surface area contributed by atoms with Gasteiger partial charge >= 0.3 is 0 Å². The molecule has 0 aromatic carbocycles. The Morgan fingerprint density at radius 2 is 2.40 bits per heavy atom. The molecule has 1 fully saturated rings. The van der Waals surface area contributed by atoms with Crippen molar-refractivity contribution in [3.8, 4) is 0 Å². The van der Waals surface area contributed by atoms with Crippen molar-refractivity contribution < 1.29 is 9.90 Å². The van der Waals surface area contributed by atoms with E-state index in [2.05, 4.69) is 10.0 Å². The quantitative estimate of drug-likeness (QED) is 0.425. The predicted octanol–water partition coefficient (Wildman–Crippen LogP) is 0.774. The lowest BCUT2D eigenvalue weighted by Gasteiger charge is -2.23. The summed E-state index contributed by atoms with van der Waals surface area (Å²) >= 11 is 0. The van der Waals surface area contributed by atoms with Crippen LogP contribution in [0.2, 0.25) is 0 Å². The number of nitrogens with zero attached hydrogens (tertiary/aromatic N) is 4. The first kappa shape index (κ1) is 11.8. The van der Waals surface area contributed by atoms with Crippen LogP contribution in [0.15, 0.2) is 5.11 Å². The van der Waals surface area contributed by atoms with Crippen LogP contribution in [0.4, 0.5) is 0 Å². The van der Waals surface area contributed by atoms with E-state index >= 15 is 0 Å². The molecule has 0 spiro atoms. The van der Waals surface area contributed by atoms with E-state index in [0.29, 0.717) is 13.1 Å². The van der Waals surface area contributed by atoms with Crippen molar-refractivity contribution in [2.45, 2.75) is 13.8 Å². The van der Waals surface area contributed by atoms with Crippen molar-refractivity contribution in [1.29, 1.82) is 0 Å². The average molecular weight is 212 g/mol.